The molecule has 0 saturated carbocycles. The van der Waals surface area contributed by atoms with Crippen LogP contribution in [0.5, 0.6) is 0 Å². The summed E-state index contributed by atoms with van der Waals surface area (Å²) in [6, 6.07) is -0.0522. The first-order chi connectivity index (χ1) is 11.1. The minimum atomic E-state index is -4.54. The lowest BCUT2D eigenvalue weighted by Crippen LogP contribution is -2.54. The summed E-state index contributed by atoms with van der Waals surface area (Å²) < 4.78 is 45.8. The Bertz CT molecular complexity index is 666. The number of aromatic nitrogens is 2. The molecule has 0 radical (unpaired) electrons. The van der Waals surface area contributed by atoms with Crippen LogP contribution in [-0.4, -0.2) is 42.9 Å². The quantitative estimate of drug-likeness (QED) is 0.744. The topological polar surface area (TPSA) is 89.5 Å². The van der Waals surface area contributed by atoms with Crippen molar-refractivity contribution in [3.05, 3.63) is 28.8 Å². The molecule has 7 nitrogen and oxygen atoms in total. The Kier molecular flexibility index (Phi) is 4.90. The number of ether oxygens (including phenoxy) is 1. The second-order valence-electron chi connectivity index (χ2n) is 5.60. The van der Waals surface area contributed by atoms with Crippen molar-refractivity contribution >= 4 is 6.21 Å². The van der Waals surface area contributed by atoms with Gasteiger partial charge >= 0.3 is 6.18 Å². The fourth-order valence-electron chi connectivity index (χ4n) is 2.47. The molecule has 1 aromatic heterocycles. The first-order valence-corrected chi connectivity index (χ1v) is 7.29. The van der Waals surface area contributed by atoms with Crippen LogP contribution in [0.3, 0.4) is 0 Å². The standard InChI is InChI=1S/C14H21F3N6O/c1-8(7-24-4)23-6-11(9(2)22-23)14(18)20-5-10(13(15,16)17)12(19-3)21-14/h5-6,8,19,21H,7,18H2,1-4H3/t8-,14?/m0/s1. The zero-order valence-electron chi connectivity index (χ0n) is 13.9. The summed E-state index contributed by atoms with van der Waals surface area (Å²) in [4.78, 5) is 3.90. The highest BCUT2D eigenvalue weighted by atomic mass is 19.4. The van der Waals surface area contributed by atoms with Gasteiger partial charge in [0, 0.05) is 26.6 Å². The van der Waals surface area contributed by atoms with E-state index in [-0.39, 0.29) is 11.9 Å². The summed E-state index contributed by atoms with van der Waals surface area (Å²) >= 11 is 0. The van der Waals surface area contributed by atoms with Crippen LogP contribution in [-0.2, 0) is 10.5 Å². The van der Waals surface area contributed by atoms with E-state index < -0.39 is 17.5 Å². The van der Waals surface area contributed by atoms with Crippen LogP contribution in [0.2, 0.25) is 0 Å². The van der Waals surface area contributed by atoms with Crippen molar-refractivity contribution in [2.24, 2.45) is 10.7 Å². The Morgan fingerprint density at radius 2 is 2.17 bits per heavy atom. The number of nitrogens with two attached hydrogens (primary N) is 1. The lowest BCUT2D eigenvalue weighted by Gasteiger charge is -2.33. The monoisotopic (exact) mass is 346 g/mol. The molecule has 0 fully saturated rings. The second-order valence-corrected chi connectivity index (χ2v) is 5.60. The molecule has 0 aromatic carbocycles. The molecule has 0 saturated heterocycles. The van der Waals surface area contributed by atoms with Crippen molar-refractivity contribution in [3.8, 4) is 0 Å². The summed E-state index contributed by atoms with van der Waals surface area (Å²) in [5.41, 5.74) is 6.34. The molecule has 1 aliphatic heterocycles. The van der Waals surface area contributed by atoms with Crippen LogP contribution in [0.25, 0.3) is 0 Å². The number of halogens is 3. The fraction of sp³-hybridized carbons (Fsp3) is 0.571. The summed E-state index contributed by atoms with van der Waals surface area (Å²) in [5.74, 6) is -1.78. The van der Waals surface area contributed by atoms with Gasteiger partial charge in [-0.1, -0.05) is 0 Å². The van der Waals surface area contributed by atoms with Crippen LogP contribution in [0, 0.1) is 6.92 Å². The predicted molar refractivity (Wildman–Crippen MR) is 83.2 cm³/mol. The molecule has 134 valence electrons. The molecule has 0 aliphatic carbocycles. The van der Waals surface area contributed by atoms with E-state index >= 15 is 0 Å². The minimum Gasteiger partial charge on any atom is -0.382 e. The molecule has 2 heterocycles. The van der Waals surface area contributed by atoms with Crippen molar-refractivity contribution in [2.45, 2.75) is 31.9 Å². The molecule has 2 atom stereocenters. The molecule has 1 aliphatic rings. The van der Waals surface area contributed by atoms with Gasteiger partial charge in [-0.15, -0.1) is 0 Å². The zero-order valence-corrected chi connectivity index (χ0v) is 13.9. The van der Waals surface area contributed by atoms with E-state index in [1.165, 1.54) is 7.05 Å². The van der Waals surface area contributed by atoms with Gasteiger partial charge in [-0.2, -0.15) is 18.3 Å². The third-order valence-electron chi connectivity index (χ3n) is 3.72. The Hall–Kier alpha value is -2.07. The average Bonchev–Trinajstić information content (AvgIpc) is 2.89. The number of methoxy groups -OCH3 is 1. The maximum absolute atomic E-state index is 13.0. The Morgan fingerprint density at radius 1 is 1.50 bits per heavy atom. The van der Waals surface area contributed by atoms with E-state index in [2.05, 4.69) is 20.7 Å². The average molecular weight is 346 g/mol. The van der Waals surface area contributed by atoms with Gasteiger partial charge in [-0.05, 0) is 13.8 Å². The smallest absolute Gasteiger partial charge is 0.382 e. The molecule has 24 heavy (non-hydrogen) atoms. The third-order valence-corrected chi connectivity index (χ3v) is 3.72. The molecule has 4 N–H and O–H groups in total. The highest BCUT2D eigenvalue weighted by Gasteiger charge is 2.42. The van der Waals surface area contributed by atoms with Gasteiger partial charge in [0.15, 0.2) is 0 Å². The first-order valence-electron chi connectivity index (χ1n) is 7.29. The largest absolute Gasteiger partial charge is 0.421 e. The van der Waals surface area contributed by atoms with Crippen LogP contribution in [0.4, 0.5) is 13.2 Å². The van der Waals surface area contributed by atoms with Gasteiger partial charge < -0.3 is 15.4 Å². The SMILES string of the molecule is CNC1=C(C(F)(F)F)C=NC(N)(c2cn([C@@H](C)COC)nc2C)N1. The van der Waals surface area contributed by atoms with E-state index in [0.29, 0.717) is 17.9 Å². The number of hydrogen-bond donors (Lipinski definition) is 3. The van der Waals surface area contributed by atoms with E-state index in [1.807, 2.05) is 6.92 Å². The van der Waals surface area contributed by atoms with Crippen molar-refractivity contribution < 1.29 is 17.9 Å². The summed E-state index contributed by atoms with van der Waals surface area (Å²) in [6.07, 6.45) is -2.14. The molecule has 10 heteroatoms. The lowest BCUT2D eigenvalue weighted by molar-refractivity contribution is -0.0875. The lowest BCUT2D eigenvalue weighted by atomic mass is 10.1. The van der Waals surface area contributed by atoms with Gasteiger partial charge in [0.2, 0.25) is 5.79 Å². The molecule has 0 bridgehead atoms. The van der Waals surface area contributed by atoms with E-state index in [9.17, 15) is 13.2 Å². The minimum absolute atomic E-state index is 0.0522. The third kappa shape index (κ3) is 3.39. The number of nitrogens with one attached hydrogen (secondary N) is 2. The Labute approximate surface area is 137 Å². The summed E-state index contributed by atoms with van der Waals surface area (Å²) in [7, 11) is 2.96. The normalized spacial score (nSPS) is 22.5. The number of hydrogen-bond acceptors (Lipinski definition) is 6. The zero-order chi connectivity index (χ0) is 18.1. The number of aliphatic imine (C=N–C) groups is 1. The van der Waals surface area contributed by atoms with E-state index in [0.717, 1.165) is 6.21 Å². The van der Waals surface area contributed by atoms with Crippen molar-refractivity contribution in [2.75, 3.05) is 20.8 Å². The highest BCUT2D eigenvalue weighted by Crippen LogP contribution is 2.31. The maximum Gasteiger partial charge on any atom is 0.421 e. The number of aryl methyl sites for hydroxylation is 1. The summed E-state index contributed by atoms with van der Waals surface area (Å²) in [5, 5.41) is 9.46. The molecule has 0 amide bonds. The second kappa shape index (κ2) is 6.44. The molecular weight excluding hydrogens is 325 g/mol. The van der Waals surface area contributed by atoms with E-state index in [1.54, 1.807) is 24.9 Å². The number of allylic oxidation sites excluding steroid dienone is 1. The van der Waals surface area contributed by atoms with Crippen LogP contribution >= 0.6 is 0 Å². The Balaban J connectivity index is 2.37. The van der Waals surface area contributed by atoms with Crippen LogP contribution in [0.15, 0.2) is 22.6 Å². The van der Waals surface area contributed by atoms with Gasteiger partial charge in [0.25, 0.3) is 0 Å². The van der Waals surface area contributed by atoms with Crippen molar-refractivity contribution in [3.63, 3.8) is 0 Å². The van der Waals surface area contributed by atoms with Crippen LogP contribution < -0.4 is 16.4 Å². The molecule has 1 unspecified atom stereocenters. The molecule has 0 spiro atoms. The number of nitrogens with zero attached hydrogens (tertiary/aromatic N) is 3. The van der Waals surface area contributed by atoms with Gasteiger partial charge in [-0.25, -0.2) is 4.99 Å². The highest BCUT2D eigenvalue weighted by molar-refractivity contribution is 5.82. The summed E-state index contributed by atoms with van der Waals surface area (Å²) in [6.45, 7) is 4.06. The van der Waals surface area contributed by atoms with E-state index in [4.69, 9.17) is 10.5 Å². The van der Waals surface area contributed by atoms with Gasteiger partial charge in [0.05, 0.1) is 23.9 Å². The number of alkyl halides is 3. The van der Waals surface area contributed by atoms with Crippen molar-refractivity contribution in [1.82, 2.24) is 20.4 Å². The fourth-order valence-corrected chi connectivity index (χ4v) is 2.47. The predicted octanol–water partition coefficient (Wildman–Crippen LogP) is 1.14. The first kappa shape index (κ1) is 18.3. The van der Waals surface area contributed by atoms with Gasteiger partial charge in [-0.3, -0.25) is 10.4 Å². The maximum atomic E-state index is 13.0. The van der Waals surface area contributed by atoms with Gasteiger partial charge in [0.1, 0.15) is 11.4 Å². The molecular formula is C14H21F3N6O. The van der Waals surface area contributed by atoms with Crippen molar-refractivity contribution in [1.29, 1.82) is 0 Å². The Morgan fingerprint density at radius 3 is 2.71 bits per heavy atom. The number of rotatable bonds is 5. The van der Waals surface area contributed by atoms with Crippen LogP contribution in [0.1, 0.15) is 24.2 Å². The molecule has 2 rings (SSSR count). The molecule has 1 aromatic rings.